The van der Waals surface area contributed by atoms with Gasteiger partial charge in [0, 0.05) is 23.5 Å². The van der Waals surface area contributed by atoms with Gasteiger partial charge in [-0.2, -0.15) is 0 Å². The third-order valence-electron chi connectivity index (χ3n) is 3.08. The normalized spacial score (nSPS) is 24.5. The van der Waals surface area contributed by atoms with Crippen LogP contribution >= 0.6 is 15.9 Å². The first-order valence-electron chi connectivity index (χ1n) is 5.53. The summed E-state index contributed by atoms with van der Waals surface area (Å²) in [7, 11) is 0. The summed E-state index contributed by atoms with van der Waals surface area (Å²) < 4.78 is 6.20. The van der Waals surface area contributed by atoms with Crippen LogP contribution in [0.3, 0.4) is 0 Å². The molecule has 0 aromatic carbocycles. The first-order chi connectivity index (χ1) is 8.12. The molecule has 2 heterocycles. The zero-order valence-corrected chi connectivity index (χ0v) is 10.9. The summed E-state index contributed by atoms with van der Waals surface area (Å²) in [6.07, 6.45) is 5.33. The Labute approximate surface area is 108 Å². The predicted octanol–water partition coefficient (Wildman–Crippen LogP) is 2.27. The van der Waals surface area contributed by atoms with Crippen molar-refractivity contribution in [1.82, 2.24) is 4.98 Å². The lowest BCUT2D eigenvalue weighted by atomic mass is 9.77. The van der Waals surface area contributed by atoms with Crippen LogP contribution in [0.4, 0.5) is 0 Å². The van der Waals surface area contributed by atoms with E-state index in [1.165, 1.54) is 0 Å². The third kappa shape index (κ3) is 2.84. The summed E-state index contributed by atoms with van der Waals surface area (Å²) in [4.78, 5) is 15.5. The Balaban J connectivity index is 2.20. The average molecular weight is 300 g/mol. The number of ether oxygens (including phenoxy) is 1. The SMILES string of the molecule is O=C(O)C1(Cc2cncc(Br)c2)CCCOC1. The number of hydrogen-bond acceptors (Lipinski definition) is 3. The minimum Gasteiger partial charge on any atom is -0.481 e. The molecule has 1 saturated heterocycles. The summed E-state index contributed by atoms with van der Waals surface area (Å²) in [5, 5.41) is 9.41. The van der Waals surface area contributed by atoms with Gasteiger partial charge in [-0.15, -0.1) is 0 Å². The highest BCUT2D eigenvalue weighted by Gasteiger charge is 2.40. The second kappa shape index (κ2) is 5.14. The van der Waals surface area contributed by atoms with Crippen LogP contribution in [-0.2, 0) is 16.0 Å². The predicted molar refractivity (Wildman–Crippen MR) is 65.8 cm³/mol. The molecule has 0 amide bonds. The van der Waals surface area contributed by atoms with E-state index in [0.29, 0.717) is 19.4 Å². The largest absolute Gasteiger partial charge is 0.481 e. The fourth-order valence-corrected chi connectivity index (χ4v) is 2.59. The third-order valence-corrected chi connectivity index (χ3v) is 3.51. The molecule has 0 radical (unpaired) electrons. The van der Waals surface area contributed by atoms with E-state index in [1.54, 1.807) is 12.4 Å². The summed E-state index contributed by atoms with van der Waals surface area (Å²) >= 11 is 3.34. The maximum absolute atomic E-state index is 11.5. The van der Waals surface area contributed by atoms with Gasteiger partial charge in [-0.25, -0.2) is 0 Å². The first-order valence-corrected chi connectivity index (χ1v) is 6.32. The highest BCUT2D eigenvalue weighted by atomic mass is 79.9. The molecule has 1 atom stereocenters. The van der Waals surface area contributed by atoms with Gasteiger partial charge in [0.2, 0.25) is 0 Å². The van der Waals surface area contributed by atoms with Crippen molar-refractivity contribution in [3.05, 3.63) is 28.5 Å². The fraction of sp³-hybridized carbons (Fsp3) is 0.500. The summed E-state index contributed by atoms with van der Waals surface area (Å²) in [5.41, 5.74) is 0.132. The van der Waals surface area contributed by atoms with E-state index in [2.05, 4.69) is 20.9 Å². The fourth-order valence-electron chi connectivity index (χ4n) is 2.18. The Morgan fingerprint density at radius 2 is 2.41 bits per heavy atom. The van der Waals surface area contributed by atoms with Gasteiger partial charge in [0.25, 0.3) is 0 Å². The smallest absolute Gasteiger partial charge is 0.312 e. The number of carboxylic acid groups (broad SMARTS) is 1. The lowest BCUT2D eigenvalue weighted by molar-refractivity contribution is -0.157. The van der Waals surface area contributed by atoms with E-state index in [9.17, 15) is 9.90 Å². The van der Waals surface area contributed by atoms with Crippen LogP contribution in [0.1, 0.15) is 18.4 Å². The molecule has 5 heteroatoms. The van der Waals surface area contributed by atoms with Crippen molar-refractivity contribution in [3.8, 4) is 0 Å². The molecule has 1 fully saturated rings. The molecule has 1 aromatic heterocycles. The number of pyridine rings is 1. The van der Waals surface area contributed by atoms with Crippen LogP contribution in [-0.4, -0.2) is 29.3 Å². The molecule has 1 N–H and O–H groups in total. The van der Waals surface area contributed by atoms with Gasteiger partial charge in [-0.3, -0.25) is 9.78 Å². The molecule has 0 aliphatic carbocycles. The van der Waals surface area contributed by atoms with Crippen molar-refractivity contribution >= 4 is 21.9 Å². The Morgan fingerprint density at radius 1 is 1.59 bits per heavy atom. The van der Waals surface area contributed by atoms with Crippen LogP contribution in [0.15, 0.2) is 22.9 Å². The Kier molecular flexibility index (Phi) is 3.79. The van der Waals surface area contributed by atoms with Gasteiger partial charge in [0.05, 0.1) is 12.0 Å². The van der Waals surface area contributed by atoms with Crippen LogP contribution in [0.25, 0.3) is 0 Å². The lowest BCUT2D eigenvalue weighted by Crippen LogP contribution is -2.41. The number of rotatable bonds is 3. The molecule has 1 aromatic rings. The highest BCUT2D eigenvalue weighted by Crippen LogP contribution is 2.33. The average Bonchev–Trinajstić information content (AvgIpc) is 2.30. The van der Waals surface area contributed by atoms with Gasteiger partial charge in [0.15, 0.2) is 0 Å². The zero-order valence-electron chi connectivity index (χ0n) is 9.36. The monoisotopic (exact) mass is 299 g/mol. The van der Waals surface area contributed by atoms with E-state index in [0.717, 1.165) is 16.5 Å². The van der Waals surface area contributed by atoms with Crippen molar-refractivity contribution in [2.24, 2.45) is 5.41 Å². The lowest BCUT2D eigenvalue weighted by Gasteiger charge is -2.33. The van der Waals surface area contributed by atoms with Gasteiger partial charge in [-0.1, -0.05) is 0 Å². The quantitative estimate of drug-likeness (QED) is 0.930. The number of aromatic nitrogens is 1. The van der Waals surface area contributed by atoms with Gasteiger partial charge in [0.1, 0.15) is 0 Å². The van der Waals surface area contributed by atoms with E-state index in [1.807, 2.05) is 6.07 Å². The molecule has 1 aliphatic rings. The Morgan fingerprint density at radius 3 is 3.00 bits per heavy atom. The maximum atomic E-state index is 11.5. The van der Waals surface area contributed by atoms with Crippen LogP contribution in [0.5, 0.6) is 0 Å². The standard InChI is InChI=1S/C12H14BrNO3/c13-10-4-9(6-14-7-10)5-12(11(15)16)2-1-3-17-8-12/h4,6-7H,1-3,5,8H2,(H,15,16). The molecule has 0 saturated carbocycles. The van der Waals surface area contributed by atoms with Crippen molar-refractivity contribution in [2.75, 3.05) is 13.2 Å². The van der Waals surface area contributed by atoms with Crippen molar-refractivity contribution < 1.29 is 14.6 Å². The molecule has 2 rings (SSSR count). The van der Waals surface area contributed by atoms with Crippen LogP contribution in [0, 0.1) is 5.41 Å². The maximum Gasteiger partial charge on any atom is 0.312 e. The zero-order chi connectivity index (χ0) is 12.3. The number of nitrogens with zero attached hydrogens (tertiary/aromatic N) is 1. The Hall–Kier alpha value is -0.940. The van der Waals surface area contributed by atoms with Crippen molar-refractivity contribution in [1.29, 1.82) is 0 Å². The molecular weight excluding hydrogens is 286 g/mol. The van der Waals surface area contributed by atoms with Gasteiger partial charge >= 0.3 is 5.97 Å². The van der Waals surface area contributed by atoms with Crippen molar-refractivity contribution in [3.63, 3.8) is 0 Å². The summed E-state index contributed by atoms with van der Waals surface area (Å²) in [5.74, 6) is -0.780. The van der Waals surface area contributed by atoms with Crippen LogP contribution in [0.2, 0.25) is 0 Å². The van der Waals surface area contributed by atoms with Crippen molar-refractivity contribution in [2.45, 2.75) is 19.3 Å². The molecule has 17 heavy (non-hydrogen) atoms. The molecule has 4 nitrogen and oxygen atoms in total. The molecule has 0 bridgehead atoms. The minimum atomic E-state index is -0.791. The topological polar surface area (TPSA) is 59.4 Å². The van der Waals surface area contributed by atoms with Gasteiger partial charge < -0.3 is 9.84 Å². The molecular formula is C12H14BrNO3. The molecule has 1 unspecified atom stereocenters. The summed E-state index contributed by atoms with van der Waals surface area (Å²) in [6.45, 7) is 0.945. The molecule has 92 valence electrons. The summed E-state index contributed by atoms with van der Waals surface area (Å²) in [6, 6.07) is 1.91. The van der Waals surface area contributed by atoms with E-state index >= 15 is 0 Å². The number of aliphatic carboxylic acids is 1. The van der Waals surface area contributed by atoms with E-state index < -0.39 is 11.4 Å². The van der Waals surface area contributed by atoms with Crippen LogP contribution < -0.4 is 0 Å². The number of halogens is 1. The number of hydrogen-bond donors (Lipinski definition) is 1. The first kappa shape index (κ1) is 12.5. The number of carboxylic acids is 1. The highest BCUT2D eigenvalue weighted by molar-refractivity contribution is 9.10. The minimum absolute atomic E-state index is 0.287. The van der Waals surface area contributed by atoms with E-state index in [4.69, 9.17) is 4.74 Å². The Bertz CT molecular complexity index is 416. The van der Waals surface area contributed by atoms with Gasteiger partial charge in [-0.05, 0) is 46.8 Å². The molecule has 0 spiro atoms. The molecule has 1 aliphatic heterocycles. The number of carbonyl (C=O) groups is 1. The van der Waals surface area contributed by atoms with E-state index in [-0.39, 0.29) is 6.61 Å². The second-order valence-corrected chi connectivity index (χ2v) is 5.35. The second-order valence-electron chi connectivity index (χ2n) is 4.43.